The Labute approximate surface area is 264 Å². The van der Waals surface area contributed by atoms with Crippen molar-refractivity contribution < 1.29 is 33.4 Å². The van der Waals surface area contributed by atoms with Gasteiger partial charge in [-0.2, -0.15) is 5.10 Å². The maximum Gasteiger partial charge on any atom is 0.306 e. The predicted octanol–water partition coefficient (Wildman–Crippen LogP) is 5.89. The topological polar surface area (TPSA) is 108 Å². The first-order chi connectivity index (χ1) is 21.3. The molecule has 8 atom stereocenters. The van der Waals surface area contributed by atoms with Gasteiger partial charge in [-0.05, 0) is 68.2 Å². The van der Waals surface area contributed by atoms with Crippen molar-refractivity contribution in [2.24, 2.45) is 28.6 Å². The van der Waals surface area contributed by atoms with Gasteiger partial charge in [0.1, 0.15) is 5.67 Å². The van der Waals surface area contributed by atoms with E-state index in [0.29, 0.717) is 25.7 Å². The smallest absolute Gasteiger partial charge is 0.306 e. The zero-order chi connectivity index (χ0) is 32.5. The lowest BCUT2D eigenvalue weighted by molar-refractivity contribution is -0.234. The number of ketones is 1. The Hall–Kier alpha value is -3.33. The molecule has 0 spiro atoms. The van der Waals surface area contributed by atoms with E-state index in [-0.39, 0.29) is 25.2 Å². The number of aliphatic hydroxyl groups is 1. The molecular weight excluding hydrogens is 575 g/mol. The third kappa shape index (κ3) is 4.25. The van der Waals surface area contributed by atoms with Crippen LogP contribution in [0.1, 0.15) is 90.0 Å². The first-order valence-electron chi connectivity index (χ1n) is 16.4. The molecule has 1 aromatic heterocycles. The van der Waals surface area contributed by atoms with E-state index >= 15 is 4.39 Å². The lowest BCUT2D eigenvalue weighted by Gasteiger charge is -2.63. The summed E-state index contributed by atoms with van der Waals surface area (Å²) >= 11 is 0. The number of aryl methyl sites for hydroxylation is 1. The zero-order valence-electron chi connectivity index (χ0n) is 27.2. The highest BCUT2D eigenvalue weighted by atomic mass is 19.1. The monoisotopic (exact) mass is 620 g/mol. The molecule has 6 rings (SSSR count). The van der Waals surface area contributed by atoms with Crippen LogP contribution in [-0.2, 0) is 30.3 Å². The number of para-hydroxylation sites is 1. The third-order valence-electron chi connectivity index (χ3n) is 12.1. The molecular formula is C36H45FN2O6. The molecule has 3 fully saturated rings. The van der Waals surface area contributed by atoms with E-state index in [1.54, 1.807) is 13.8 Å². The fourth-order valence-electron chi connectivity index (χ4n) is 9.84. The number of nitrogens with zero attached hydrogens (tertiary/aromatic N) is 2. The molecule has 2 aromatic rings. The number of fused-ring (bicyclic) bond motifs is 6. The van der Waals surface area contributed by atoms with Gasteiger partial charge in [0, 0.05) is 35.5 Å². The van der Waals surface area contributed by atoms with Gasteiger partial charge in [-0.3, -0.25) is 14.4 Å². The van der Waals surface area contributed by atoms with Gasteiger partial charge in [0.15, 0.2) is 12.2 Å². The van der Waals surface area contributed by atoms with Crippen LogP contribution in [0.25, 0.3) is 11.8 Å². The average Bonchev–Trinajstić information content (AvgIpc) is 3.50. The number of rotatable bonds is 7. The summed E-state index contributed by atoms with van der Waals surface area (Å²) in [7, 11) is 0. The van der Waals surface area contributed by atoms with Gasteiger partial charge in [0.2, 0.25) is 5.78 Å². The normalized spacial score (nSPS) is 36.6. The lowest BCUT2D eigenvalue weighted by atomic mass is 9.43. The second-order valence-corrected chi connectivity index (χ2v) is 14.2. The molecule has 0 saturated heterocycles. The lowest BCUT2D eigenvalue weighted by Crippen LogP contribution is -2.70. The van der Waals surface area contributed by atoms with Crippen LogP contribution in [0.4, 0.5) is 4.39 Å². The van der Waals surface area contributed by atoms with Crippen molar-refractivity contribution in [1.82, 2.24) is 9.78 Å². The second kappa shape index (κ2) is 10.9. The van der Waals surface area contributed by atoms with E-state index in [4.69, 9.17) is 14.6 Å². The van der Waals surface area contributed by atoms with Crippen LogP contribution in [0.3, 0.4) is 0 Å². The minimum Gasteiger partial charge on any atom is -0.457 e. The maximum atomic E-state index is 18.3. The number of alkyl halides is 1. The number of benzene rings is 1. The number of Topliss-reactive ketones (excluding diaryl/α,β-unsaturated/α-hetero) is 1. The van der Waals surface area contributed by atoms with E-state index < -0.39 is 64.4 Å². The highest BCUT2D eigenvalue weighted by molar-refractivity contribution is 5.93. The number of carbonyl (C=O) groups excluding carboxylic acids is 3. The van der Waals surface area contributed by atoms with Crippen molar-refractivity contribution in [1.29, 1.82) is 0 Å². The largest absolute Gasteiger partial charge is 0.457 e. The number of halogens is 1. The number of allylic oxidation sites excluding steroid dienone is 1. The summed E-state index contributed by atoms with van der Waals surface area (Å²) in [5, 5.41) is 16.7. The number of carbonyl (C=O) groups is 3. The van der Waals surface area contributed by atoms with Crippen LogP contribution in [0, 0.1) is 35.5 Å². The molecule has 242 valence electrons. The Kier molecular flexibility index (Phi) is 7.66. The van der Waals surface area contributed by atoms with Crippen molar-refractivity contribution in [3.63, 3.8) is 0 Å². The summed E-state index contributed by atoms with van der Waals surface area (Å²) in [6, 6.07) is 8.04. The standard InChI is InChI=1S/C36H45FN2O6/c1-7-31(42)44-20-30(41)36(45-32(43)8-2)22(4)15-26-25-14-13-24-16-28-23(19-38-39(28)27-12-10-9-11-21(27)3)17-33(24,5)35(25,37)29(40)18-34(26,36)6/h9-12,16,19,22,25-26,29,40H,7-8,13-15,17-18,20H2,1-6H3/t22-,25-,26-,29-,33-,34-,35-,36+/m0/s1. The number of aromatic nitrogens is 2. The van der Waals surface area contributed by atoms with E-state index in [9.17, 15) is 19.5 Å². The quantitative estimate of drug-likeness (QED) is 0.385. The molecule has 0 amide bonds. The molecule has 3 saturated carbocycles. The minimum absolute atomic E-state index is 0.0566. The summed E-state index contributed by atoms with van der Waals surface area (Å²) in [5.41, 5.74) is -0.767. The molecule has 4 aliphatic rings. The predicted molar refractivity (Wildman–Crippen MR) is 166 cm³/mol. The van der Waals surface area contributed by atoms with Crippen molar-refractivity contribution >= 4 is 23.8 Å². The van der Waals surface area contributed by atoms with Crippen molar-refractivity contribution in [2.45, 2.75) is 104 Å². The van der Waals surface area contributed by atoms with E-state index in [0.717, 1.165) is 28.1 Å². The molecule has 1 aromatic carbocycles. The van der Waals surface area contributed by atoms with Crippen LogP contribution in [0.15, 0.2) is 36.0 Å². The highest BCUT2D eigenvalue weighted by Crippen LogP contribution is 2.72. The molecule has 0 radical (unpaired) electrons. The van der Waals surface area contributed by atoms with Gasteiger partial charge in [0.05, 0.1) is 23.7 Å². The Balaban J connectivity index is 1.40. The Bertz CT molecular complexity index is 1580. The van der Waals surface area contributed by atoms with Gasteiger partial charge < -0.3 is 14.6 Å². The van der Waals surface area contributed by atoms with Gasteiger partial charge in [-0.15, -0.1) is 0 Å². The van der Waals surface area contributed by atoms with E-state index in [2.05, 4.69) is 6.08 Å². The number of ether oxygens (including phenoxy) is 2. The SMILES string of the molecule is CCC(=O)OCC(=O)[C@]1(OC(=O)CC)[C@@H](C)C[C@H]2[C@@H]3CCC4=Cc5c(cnn5-c5ccccc5C)C[C@]4(C)[C@@]3(F)[C@@H](O)C[C@@]21C. The molecule has 8 nitrogen and oxygen atoms in total. The summed E-state index contributed by atoms with van der Waals surface area (Å²) in [6.07, 6.45) is 4.56. The maximum absolute atomic E-state index is 18.3. The molecule has 9 heteroatoms. The summed E-state index contributed by atoms with van der Waals surface area (Å²) in [5.74, 6) is -2.95. The Morgan fingerprint density at radius 1 is 1.11 bits per heavy atom. The minimum atomic E-state index is -1.98. The number of esters is 2. The molecule has 1 heterocycles. The third-order valence-corrected chi connectivity index (χ3v) is 12.1. The summed E-state index contributed by atoms with van der Waals surface area (Å²) in [6.45, 7) is 10.5. The van der Waals surface area contributed by atoms with Crippen LogP contribution >= 0.6 is 0 Å². The number of hydrogen-bond acceptors (Lipinski definition) is 7. The van der Waals surface area contributed by atoms with Crippen LogP contribution in [0.2, 0.25) is 0 Å². The number of aliphatic hydroxyl groups excluding tert-OH is 1. The molecule has 45 heavy (non-hydrogen) atoms. The molecule has 0 unspecified atom stereocenters. The Morgan fingerprint density at radius 2 is 1.82 bits per heavy atom. The summed E-state index contributed by atoms with van der Waals surface area (Å²) < 4.78 is 31.6. The van der Waals surface area contributed by atoms with Gasteiger partial charge in [-0.1, -0.05) is 58.4 Å². The second-order valence-electron chi connectivity index (χ2n) is 14.2. The first-order valence-corrected chi connectivity index (χ1v) is 16.4. The van der Waals surface area contributed by atoms with Crippen LogP contribution < -0.4 is 0 Å². The highest BCUT2D eigenvalue weighted by Gasteiger charge is 2.77. The van der Waals surface area contributed by atoms with Crippen molar-refractivity contribution in [2.75, 3.05) is 6.61 Å². The van der Waals surface area contributed by atoms with Gasteiger partial charge in [-0.25, -0.2) is 9.07 Å². The van der Waals surface area contributed by atoms with Gasteiger partial charge in [0.25, 0.3) is 0 Å². The summed E-state index contributed by atoms with van der Waals surface area (Å²) in [4.78, 5) is 39.0. The van der Waals surface area contributed by atoms with Crippen molar-refractivity contribution in [3.8, 4) is 5.69 Å². The van der Waals surface area contributed by atoms with Crippen molar-refractivity contribution in [3.05, 3.63) is 52.9 Å². The molecule has 4 aliphatic carbocycles. The van der Waals surface area contributed by atoms with E-state index in [1.807, 2.05) is 62.8 Å². The number of hydrogen-bond donors (Lipinski definition) is 1. The molecule has 0 bridgehead atoms. The van der Waals surface area contributed by atoms with Gasteiger partial charge >= 0.3 is 11.9 Å². The fourth-order valence-corrected chi connectivity index (χ4v) is 9.84. The van der Waals surface area contributed by atoms with E-state index in [1.165, 1.54) is 0 Å². The first kappa shape index (κ1) is 31.6. The average molecular weight is 621 g/mol. The molecule has 0 aliphatic heterocycles. The van der Waals surface area contributed by atoms with Crippen LogP contribution in [-0.4, -0.2) is 56.6 Å². The Morgan fingerprint density at radius 3 is 2.51 bits per heavy atom. The zero-order valence-corrected chi connectivity index (χ0v) is 27.2. The molecule has 1 N–H and O–H groups in total. The fraction of sp³-hybridized carbons (Fsp3) is 0.611. The van der Waals surface area contributed by atoms with Crippen LogP contribution in [0.5, 0.6) is 0 Å².